The fourth-order valence-corrected chi connectivity index (χ4v) is 1.00. The van der Waals surface area contributed by atoms with E-state index >= 15 is 0 Å². The zero-order valence-electron chi connectivity index (χ0n) is 9.74. The SMILES string of the molecule is CCCC.O=[P+](O)OCCCn1cncn1. The predicted octanol–water partition coefficient (Wildman–Crippen LogP) is 2.14. The second-order valence-electron chi connectivity index (χ2n) is 3.08. The van der Waals surface area contributed by atoms with Crippen LogP contribution in [0.3, 0.4) is 0 Å². The van der Waals surface area contributed by atoms with E-state index in [1.165, 1.54) is 19.2 Å². The molecule has 0 aliphatic rings. The van der Waals surface area contributed by atoms with Gasteiger partial charge < -0.3 is 0 Å². The highest BCUT2D eigenvalue weighted by Gasteiger charge is 2.10. The molecule has 1 heterocycles. The molecule has 1 N–H and O–H groups in total. The molecule has 0 bridgehead atoms. The van der Waals surface area contributed by atoms with Crippen LogP contribution in [0.25, 0.3) is 0 Å². The minimum absolute atomic E-state index is 0.256. The summed E-state index contributed by atoms with van der Waals surface area (Å²) in [7, 11) is -2.46. The Morgan fingerprint density at radius 2 is 2.12 bits per heavy atom. The molecule has 0 saturated heterocycles. The zero-order chi connectivity index (χ0) is 12.2. The van der Waals surface area contributed by atoms with Gasteiger partial charge >= 0.3 is 8.25 Å². The number of aryl methyl sites for hydroxylation is 1. The molecule has 1 aromatic rings. The molecule has 16 heavy (non-hydrogen) atoms. The van der Waals surface area contributed by atoms with Gasteiger partial charge in [0.25, 0.3) is 0 Å². The number of hydrogen-bond donors (Lipinski definition) is 1. The third-order valence-electron chi connectivity index (χ3n) is 1.70. The number of aromatic nitrogens is 3. The maximum absolute atomic E-state index is 10.1. The summed E-state index contributed by atoms with van der Waals surface area (Å²) in [6, 6.07) is 0. The lowest BCUT2D eigenvalue weighted by Crippen LogP contribution is -2.00. The Balaban J connectivity index is 0.000000487. The van der Waals surface area contributed by atoms with Crippen LogP contribution in [0.1, 0.15) is 33.1 Å². The molecule has 0 aromatic carbocycles. The van der Waals surface area contributed by atoms with Crippen molar-refractivity contribution in [2.45, 2.75) is 39.7 Å². The molecular formula is C9H19N3O3P+. The van der Waals surface area contributed by atoms with Crippen molar-refractivity contribution < 1.29 is 14.0 Å². The Morgan fingerprint density at radius 3 is 2.56 bits per heavy atom. The Labute approximate surface area is 96.6 Å². The molecule has 0 amide bonds. The summed E-state index contributed by atoms with van der Waals surface area (Å²) in [6.45, 7) is 5.26. The average Bonchev–Trinajstić information content (AvgIpc) is 2.77. The number of nitrogens with zero attached hydrogens (tertiary/aromatic N) is 3. The molecule has 0 aliphatic carbocycles. The fraction of sp³-hybridized carbons (Fsp3) is 0.778. The van der Waals surface area contributed by atoms with Gasteiger partial charge in [-0.25, -0.2) is 4.98 Å². The van der Waals surface area contributed by atoms with Gasteiger partial charge in [-0.15, -0.1) is 9.42 Å². The molecule has 1 aromatic heterocycles. The van der Waals surface area contributed by atoms with E-state index in [0.29, 0.717) is 13.0 Å². The van der Waals surface area contributed by atoms with E-state index in [4.69, 9.17) is 4.89 Å². The summed E-state index contributed by atoms with van der Waals surface area (Å²) in [6.07, 6.45) is 6.30. The molecule has 6 nitrogen and oxygen atoms in total. The van der Waals surface area contributed by atoms with Crippen LogP contribution >= 0.6 is 8.25 Å². The van der Waals surface area contributed by atoms with Crippen molar-refractivity contribution in [2.24, 2.45) is 0 Å². The fourth-order valence-electron chi connectivity index (χ4n) is 0.717. The van der Waals surface area contributed by atoms with Crippen molar-refractivity contribution >= 4 is 8.25 Å². The smallest absolute Gasteiger partial charge is 0.253 e. The molecule has 0 spiro atoms. The Bertz CT molecular complexity index is 265. The summed E-state index contributed by atoms with van der Waals surface area (Å²) in [4.78, 5) is 12.0. The van der Waals surface area contributed by atoms with Gasteiger partial charge in [-0.05, 0) is 6.42 Å². The standard InChI is InChI=1S/C5H8N3O3P.C4H10/c9-12(10)11-3-1-2-8-5-6-4-7-8;1-3-4-2/h4-5H,1-3H2;3-4H2,1-2H3/p+1. The van der Waals surface area contributed by atoms with Crippen LogP contribution in [0.2, 0.25) is 0 Å². The Hall–Kier alpha value is -0.840. The van der Waals surface area contributed by atoms with Crippen LogP contribution in [-0.4, -0.2) is 26.3 Å². The highest BCUT2D eigenvalue weighted by atomic mass is 31.1. The third kappa shape index (κ3) is 9.71. The average molecular weight is 248 g/mol. The van der Waals surface area contributed by atoms with Crippen LogP contribution in [-0.2, 0) is 15.6 Å². The lowest BCUT2D eigenvalue weighted by molar-refractivity contribution is 0.269. The molecule has 0 radical (unpaired) electrons. The van der Waals surface area contributed by atoms with E-state index in [9.17, 15) is 4.57 Å². The molecule has 1 atom stereocenters. The van der Waals surface area contributed by atoms with Gasteiger partial charge in [0.1, 0.15) is 19.3 Å². The normalized spacial score (nSPS) is 10.6. The molecule has 0 saturated carbocycles. The first-order chi connectivity index (χ1) is 7.70. The van der Waals surface area contributed by atoms with Crippen LogP contribution in [0.15, 0.2) is 12.7 Å². The zero-order valence-corrected chi connectivity index (χ0v) is 10.6. The number of hydrogen-bond acceptors (Lipinski definition) is 4. The van der Waals surface area contributed by atoms with Crippen molar-refractivity contribution in [3.63, 3.8) is 0 Å². The summed E-state index contributed by atoms with van der Waals surface area (Å²) in [5, 5.41) is 3.85. The van der Waals surface area contributed by atoms with E-state index in [1.807, 2.05) is 0 Å². The van der Waals surface area contributed by atoms with Crippen LogP contribution < -0.4 is 0 Å². The third-order valence-corrected chi connectivity index (χ3v) is 2.10. The Morgan fingerprint density at radius 1 is 1.44 bits per heavy atom. The van der Waals surface area contributed by atoms with Gasteiger partial charge in [-0.2, -0.15) is 5.10 Å². The summed E-state index contributed by atoms with van der Waals surface area (Å²) >= 11 is 0. The summed E-state index contributed by atoms with van der Waals surface area (Å²) < 4.78 is 16.1. The second-order valence-corrected chi connectivity index (χ2v) is 3.82. The largest absolute Gasteiger partial charge is 0.694 e. The van der Waals surface area contributed by atoms with E-state index in [1.54, 1.807) is 11.0 Å². The van der Waals surface area contributed by atoms with Gasteiger partial charge in [0.2, 0.25) is 0 Å². The molecule has 7 heteroatoms. The van der Waals surface area contributed by atoms with Crippen LogP contribution in [0.4, 0.5) is 0 Å². The van der Waals surface area contributed by atoms with Gasteiger partial charge in [-0.3, -0.25) is 4.68 Å². The minimum atomic E-state index is -2.46. The van der Waals surface area contributed by atoms with Gasteiger partial charge in [0.05, 0.1) is 0 Å². The van der Waals surface area contributed by atoms with Crippen molar-refractivity contribution in [3.8, 4) is 0 Å². The van der Waals surface area contributed by atoms with Gasteiger partial charge in [0.15, 0.2) is 0 Å². The number of rotatable bonds is 6. The molecule has 1 rings (SSSR count). The van der Waals surface area contributed by atoms with E-state index in [2.05, 4.69) is 28.5 Å². The highest BCUT2D eigenvalue weighted by molar-refractivity contribution is 7.32. The summed E-state index contributed by atoms with van der Waals surface area (Å²) in [5.41, 5.74) is 0. The Kier molecular flexibility index (Phi) is 10.1. The van der Waals surface area contributed by atoms with Crippen LogP contribution in [0, 0.1) is 0 Å². The predicted molar refractivity (Wildman–Crippen MR) is 61.0 cm³/mol. The topological polar surface area (TPSA) is 77.2 Å². The molecule has 0 aliphatic heterocycles. The van der Waals surface area contributed by atoms with E-state index in [0.717, 1.165) is 0 Å². The molecular weight excluding hydrogens is 229 g/mol. The molecule has 92 valence electrons. The maximum Gasteiger partial charge on any atom is 0.694 e. The number of unbranched alkanes of at least 4 members (excludes halogenated alkanes) is 1. The minimum Gasteiger partial charge on any atom is -0.253 e. The van der Waals surface area contributed by atoms with Crippen molar-refractivity contribution in [2.75, 3.05) is 6.61 Å². The lowest BCUT2D eigenvalue weighted by atomic mass is 10.4. The second kappa shape index (κ2) is 10.7. The van der Waals surface area contributed by atoms with Crippen molar-refractivity contribution in [1.82, 2.24) is 14.8 Å². The maximum atomic E-state index is 10.1. The molecule has 1 unspecified atom stereocenters. The van der Waals surface area contributed by atoms with Gasteiger partial charge in [-0.1, -0.05) is 26.7 Å². The first-order valence-electron chi connectivity index (χ1n) is 5.32. The van der Waals surface area contributed by atoms with Crippen molar-refractivity contribution in [1.29, 1.82) is 0 Å². The summed E-state index contributed by atoms with van der Waals surface area (Å²) in [5.74, 6) is 0. The lowest BCUT2D eigenvalue weighted by Gasteiger charge is -1.94. The van der Waals surface area contributed by atoms with E-state index in [-0.39, 0.29) is 6.61 Å². The van der Waals surface area contributed by atoms with Gasteiger partial charge in [0, 0.05) is 11.1 Å². The van der Waals surface area contributed by atoms with Crippen LogP contribution in [0.5, 0.6) is 0 Å². The quantitative estimate of drug-likeness (QED) is 0.616. The van der Waals surface area contributed by atoms with E-state index < -0.39 is 8.25 Å². The highest BCUT2D eigenvalue weighted by Crippen LogP contribution is 2.14. The first kappa shape index (κ1) is 15.2. The molecule has 0 fully saturated rings. The first-order valence-corrected chi connectivity index (χ1v) is 6.45. The monoisotopic (exact) mass is 248 g/mol. The van der Waals surface area contributed by atoms with Crippen molar-refractivity contribution in [3.05, 3.63) is 12.7 Å².